The minimum atomic E-state index is -4.40. The van der Waals surface area contributed by atoms with Crippen molar-refractivity contribution in [2.24, 2.45) is 5.73 Å². The monoisotopic (exact) mass is 1410 g/mol. The van der Waals surface area contributed by atoms with Crippen LogP contribution in [0.4, 0.5) is 0 Å². The van der Waals surface area contributed by atoms with Crippen LogP contribution < -0.4 is 5.73 Å². The fourth-order valence-electron chi connectivity index (χ4n) is 13.2. The van der Waals surface area contributed by atoms with Gasteiger partial charge in [0.05, 0.1) is 13.2 Å². The average molecular weight is 1410 g/mol. The lowest BCUT2D eigenvalue weighted by molar-refractivity contribution is -0.161. The Kier molecular flexibility index (Phi) is 82.2. The number of phosphoric ester groups is 1. The highest BCUT2D eigenvalue weighted by atomic mass is 31.2. The Morgan fingerprint density at radius 1 is 0.313 bits per heavy atom. The minimum absolute atomic E-state index is 0.0551. The van der Waals surface area contributed by atoms with Crippen LogP contribution in [0.5, 0.6) is 0 Å². The zero-order valence-corrected chi connectivity index (χ0v) is 66.6. The zero-order valence-electron chi connectivity index (χ0n) is 65.7. The number of hydrogen-bond donors (Lipinski definition) is 2. The van der Waals surface area contributed by atoms with Crippen LogP contribution in [0.2, 0.25) is 0 Å². The molecule has 0 aliphatic rings. The summed E-state index contributed by atoms with van der Waals surface area (Å²) >= 11 is 0. The van der Waals surface area contributed by atoms with Gasteiger partial charge in [0.15, 0.2) is 6.10 Å². The molecule has 99 heavy (non-hydrogen) atoms. The standard InChI is InChI=1S/C89H166NO8P/c1-3-5-7-9-11-13-15-17-19-21-23-25-27-29-31-33-35-37-39-41-43-45-47-49-51-53-55-57-59-61-63-65-67-69-71-73-75-77-79-81-88(91)95-85-87(86-97-99(93,94)96-84-83-90)98-89(92)82-80-78-76-74-72-70-68-66-64-62-60-58-56-54-52-50-48-46-44-42-40-38-36-34-32-30-28-26-24-22-20-18-16-14-12-10-8-6-4-2/h6,8,12,14,18,20,24,26,30,32,36,38,87H,3-5,7,9-11,13,15-17,19,21-23,25,27-29,31,33-35,37,39-86,90H2,1-2H3,(H,93,94)/b8-6-,14-12-,20-18-,26-24-,32-30-,38-36-. The van der Waals surface area contributed by atoms with Gasteiger partial charge in [0.1, 0.15) is 6.61 Å². The summed E-state index contributed by atoms with van der Waals surface area (Å²) in [4.78, 5) is 35.5. The molecule has 9 nitrogen and oxygen atoms in total. The summed E-state index contributed by atoms with van der Waals surface area (Å²) < 4.78 is 33.3. The number of esters is 2. The number of rotatable bonds is 83. The third-order valence-corrected chi connectivity index (χ3v) is 20.6. The second-order valence-corrected chi connectivity index (χ2v) is 30.8. The van der Waals surface area contributed by atoms with Crippen molar-refractivity contribution in [1.82, 2.24) is 0 Å². The number of hydrogen-bond acceptors (Lipinski definition) is 8. The second-order valence-electron chi connectivity index (χ2n) is 29.4. The predicted octanol–water partition coefficient (Wildman–Crippen LogP) is 29.4. The van der Waals surface area contributed by atoms with Crippen LogP contribution in [0.1, 0.15) is 450 Å². The third-order valence-electron chi connectivity index (χ3n) is 19.6. The SMILES string of the molecule is CC/C=C\C/C=C\C/C=C\C/C=C\C/C=C\C/C=C\CCCCCCCCCCCCCCCCCCCCCCC(=O)OC(COC(=O)CCCCCCCCCCCCCCCCCCCCCCCCCCCCCCCCCCCCCCCCC)COP(=O)(O)OCCN. The highest BCUT2D eigenvalue weighted by molar-refractivity contribution is 7.47. The van der Waals surface area contributed by atoms with E-state index in [1.807, 2.05) is 0 Å². The Morgan fingerprint density at radius 2 is 0.556 bits per heavy atom. The lowest BCUT2D eigenvalue weighted by atomic mass is 10.0. The maximum absolute atomic E-state index is 12.8. The van der Waals surface area contributed by atoms with Gasteiger partial charge in [0.25, 0.3) is 0 Å². The van der Waals surface area contributed by atoms with Gasteiger partial charge >= 0.3 is 19.8 Å². The summed E-state index contributed by atoms with van der Waals surface area (Å²) in [6, 6.07) is 0. The maximum atomic E-state index is 12.8. The fraction of sp³-hybridized carbons (Fsp3) is 0.843. The van der Waals surface area contributed by atoms with Crippen molar-refractivity contribution in [2.75, 3.05) is 26.4 Å². The largest absolute Gasteiger partial charge is 0.472 e. The quantitative estimate of drug-likeness (QED) is 0.0264. The molecule has 0 saturated carbocycles. The van der Waals surface area contributed by atoms with Gasteiger partial charge in [-0.25, -0.2) is 4.57 Å². The molecule has 0 radical (unpaired) electrons. The van der Waals surface area contributed by atoms with E-state index in [4.69, 9.17) is 24.3 Å². The highest BCUT2D eigenvalue weighted by Gasteiger charge is 2.26. The molecule has 0 aliphatic heterocycles. The Bertz CT molecular complexity index is 1860. The molecular weight excluding hydrogens is 1240 g/mol. The van der Waals surface area contributed by atoms with Gasteiger partial charge in [-0.15, -0.1) is 0 Å². The van der Waals surface area contributed by atoms with E-state index in [0.29, 0.717) is 6.42 Å². The molecule has 0 heterocycles. The van der Waals surface area contributed by atoms with Crippen LogP contribution in [0.3, 0.4) is 0 Å². The first-order valence-electron chi connectivity index (χ1n) is 43.4. The van der Waals surface area contributed by atoms with Crippen molar-refractivity contribution >= 4 is 19.8 Å². The zero-order chi connectivity index (χ0) is 71.5. The average Bonchev–Trinajstić information content (AvgIpc) is 1.35. The molecule has 580 valence electrons. The van der Waals surface area contributed by atoms with Gasteiger partial charge in [-0.3, -0.25) is 18.6 Å². The smallest absolute Gasteiger partial charge is 0.462 e. The van der Waals surface area contributed by atoms with E-state index in [1.165, 1.54) is 347 Å². The van der Waals surface area contributed by atoms with Crippen molar-refractivity contribution in [2.45, 2.75) is 457 Å². The second kappa shape index (κ2) is 84.4. The van der Waals surface area contributed by atoms with Crippen LogP contribution in [0, 0.1) is 0 Å². The molecule has 0 aromatic heterocycles. The molecule has 0 spiro atoms. The van der Waals surface area contributed by atoms with E-state index >= 15 is 0 Å². The van der Waals surface area contributed by atoms with Crippen LogP contribution in [-0.4, -0.2) is 49.3 Å². The molecule has 0 amide bonds. The fourth-order valence-corrected chi connectivity index (χ4v) is 14.0. The maximum Gasteiger partial charge on any atom is 0.472 e. The van der Waals surface area contributed by atoms with Gasteiger partial charge in [0, 0.05) is 19.4 Å². The summed E-state index contributed by atoms with van der Waals surface area (Å²) in [7, 11) is -4.40. The molecule has 0 aromatic carbocycles. The molecular formula is C89H166NO8P. The van der Waals surface area contributed by atoms with Crippen molar-refractivity contribution in [3.63, 3.8) is 0 Å². The van der Waals surface area contributed by atoms with Crippen LogP contribution in [0.15, 0.2) is 72.9 Å². The predicted molar refractivity (Wildman–Crippen MR) is 432 cm³/mol. The number of phosphoric acid groups is 1. The summed E-state index contributed by atoms with van der Waals surface area (Å²) in [6.45, 7) is 3.71. The molecule has 10 heteroatoms. The summed E-state index contributed by atoms with van der Waals surface area (Å²) in [5.74, 6) is -0.803. The molecule has 0 fully saturated rings. The summed E-state index contributed by atoms with van der Waals surface area (Å²) in [5.41, 5.74) is 5.42. The molecule has 0 aromatic rings. The van der Waals surface area contributed by atoms with Crippen molar-refractivity contribution in [1.29, 1.82) is 0 Å². The Labute approximate surface area is 615 Å². The molecule has 0 bridgehead atoms. The highest BCUT2D eigenvalue weighted by Crippen LogP contribution is 2.43. The molecule has 2 atom stereocenters. The lowest BCUT2D eigenvalue weighted by Gasteiger charge is -2.19. The molecule has 3 N–H and O–H groups in total. The van der Waals surface area contributed by atoms with E-state index < -0.39 is 26.5 Å². The first kappa shape index (κ1) is 96.4. The lowest BCUT2D eigenvalue weighted by Crippen LogP contribution is -2.29. The molecule has 2 unspecified atom stereocenters. The van der Waals surface area contributed by atoms with E-state index in [9.17, 15) is 19.0 Å². The van der Waals surface area contributed by atoms with Gasteiger partial charge in [-0.1, -0.05) is 446 Å². The topological polar surface area (TPSA) is 134 Å². The Morgan fingerprint density at radius 3 is 0.828 bits per heavy atom. The van der Waals surface area contributed by atoms with Crippen LogP contribution in [0.25, 0.3) is 0 Å². The minimum Gasteiger partial charge on any atom is -0.462 e. The number of carbonyl (C=O) groups excluding carboxylic acids is 2. The number of allylic oxidation sites excluding steroid dienone is 12. The van der Waals surface area contributed by atoms with Gasteiger partial charge in [-0.05, 0) is 64.2 Å². The first-order valence-corrected chi connectivity index (χ1v) is 44.9. The molecule has 0 saturated heterocycles. The van der Waals surface area contributed by atoms with E-state index in [0.717, 1.165) is 70.6 Å². The van der Waals surface area contributed by atoms with E-state index in [2.05, 4.69) is 86.8 Å². The Balaban J connectivity index is 3.73. The third kappa shape index (κ3) is 84.3. The van der Waals surface area contributed by atoms with Gasteiger partial charge in [-0.2, -0.15) is 0 Å². The summed E-state index contributed by atoms with van der Waals surface area (Å²) in [6.07, 6.45) is 114. The normalized spacial score (nSPS) is 13.1. The Hall–Kier alpha value is -2.55. The number of carbonyl (C=O) groups is 2. The number of unbranched alkanes of at least 4 members (excludes halogenated alkanes) is 58. The van der Waals surface area contributed by atoms with Gasteiger partial charge < -0.3 is 20.1 Å². The van der Waals surface area contributed by atoms with Crippen molar-refractivity contribution in [3.8, 4) is 0 Å². The molecule has 0 aliphatic carbocycles. The van der Waals surface area contributed by atoms with Crippen LogP contribution >= 0.6 is 7.82 Å². The van der Waals surface area contributed by atoms with Gasteiger partial charge in [0.2, 0.25) is 0 Å². The van der Waals surface area contributed by atoms with Crippen molar-refractivity contribution < 1.29 is 37.6 Å². The summed E-state index contributed by atoms with van der Waals surface area (Å²) in [5, 5.41) is 0. The molecule has 0 rings (SSSR count). The number of nitrogens with two attached hydrogens (primary N) is 1. The van der Waals surface area contributed by atoms with E-state index in [1.54, 1.807) is 0 Å². The van der Waals surface area contributed by atoms with E-state index in [-0.39, 0.29) is 38.6 Å². The first-order chi connectivity index (χ1) is 48.8. The number of ether oxygens (including phenoxy) is 2. The van der Waals surface area contributed by atoms with Crippen LogP contribution in [-0.2, 0) is 32.7 Å². The van der Waals surface area contributed by atoms with Crippen molar-refractivity contribution in [3.05, 3.63) is 72.9 Å².